The fourth-order valence-corrected chi connectivity index (χ4v) is 5.65. The first-order chi connectivity index (χ1) is 16.7. The predicted molar refractivity (Wildman–Crippen MR) is 123 cm³/mol. The minimum absolute atomic E-state index is 0.0741. The molecule has 3 aromatic rings. The molecule has 2 amide bonds. The van der Waals surface area contributed by atoms with E-state index in [9.17, 15) is 18.0 Å². The Morgan fingerprint density at radius 2 is 1.83 bits per heavy atom. The number of nitrogen functional groups attached to an aromatic ring is 1. The highest BCUT2D eigenvalue weighted by molar-refractivity contribution is 5.77. The Bertz CT molecular complexity index is 1290. The SMILES string of the molecule is Nc1ncc(-c2cc3n(n2)CCC32CN(C(=O)NC3(c4ccccc4)CCC3)C2)cc1C(F)(F)F. The molecule has 6 rings (SSSR count). The summed E-state index contributed by atoms with van der Waals surface area (Å²) < 4.78 is 41.7. The van der Waals surface area contributed by atoms with Gasteiger partial charge in [-0.1, -0.05) is 30.3 Å². The van der Waals surface area contributed by atoms with Crippen molar-refractivity contribution in [3.8, 4) is 11.3 Å². The van der Waals surface area contributed by atoms with Crippen LogP contribution in [0.4, 0.5) is 23.8 Å². The largest absolute Gasteiger partial charge is 0.419 e. The number of halogens is 3. The second-order valence-electron chi connectivity index (χ2n) is 9.91. The van der Waals surface area contributed by atoms with Crippen LogP contribution in [0, 0.1) is 0 Å². The normalized spacial score (nSPS) is 19.7. The Labute approximate surface area is 200 Å². The van der Waals surface area contributed by atoms with Gasteiger partial charge in [-0.15, -0.1) is 0 Å². The number of alkyl halides is 3. The van der Waals surface area contributed by atoms with Crippen molar-refractivity contribution in [3.63, 3.8) is 0 Å². The number of nitrogens with zero attached hydrogens (tertiary/aromatic N) is 4. The van der Waals surface area contributed by atoms with E-state index < -0.39 is 17.6 Å². The van der Waals surface area contributed by atoms with Crippen LogP contribution >= 0.6 is 0 Å². The molecular weight excluding hydrogens is 457 g/mol. The number of nitrogens with two attached hydrogens (primary N) is 1. The van der Waals surface area contributed by atoms with Gasteiger partial charge in [0, 0.05) is 42.5 Å². The van der Waals surface area contributed by atoms with E-state index in [1.165, 1.54) is 6.20 Å². The van der Waals surface area contributed by atoms with Crippen LogP contribution in [0.15, 0.2) is 48.7 Å². The standard InChI is InChI=1S/C25H25F3N6O/c26-25(27,28)18-11-16(13-30-21(18)29)19-12-20-23(9-10-34(20)32-19)14-33(15-23)22(35)31-24(7-4-8-24)17-5-2-1-3-6-17/h1-3,5-6,11-13H,4,7-10,14-15H2,(H2,29,30)(H,31,35). The Hall–Kier alpha value is -3.56. The molecule has 0 radical (unpaired) electrons. The van der Waals surface area contributed by atoms with Gasteiger partial charge in [-0.25, -0.2) is 9.78 Å². The van der Waals surface area contributed by atoms with Crippen molar-refractivity contribution in [2.24, 2.45) is 0 Å². The Morgan fingerprint density at radius 1 is 1.09 bits per heavy atom. The van der Waals surface area contributed by atoms with E-state index >= 15 is 0 Å². The summed E-state index contributed by atoms with van der Waals surface area (Å²) in [5.74, 6) is -0.551. The van der Waals surface area contributed by atoms with Crippen LogP contribution in [0.25, 0.3) is 11.3 Å². The van der Waals surface area contributed by atoms with Gasteiger partial charge in [0.05, 0.1) is 16.8 Å². The number of urea groups is 1. The summed E-state index contributed by atoms with van der Waals surface area (Å²) in [6, 6.07) is 12.8. The van der Waals surface area contributed by atoms with Crippen molar-refractivity contribution in [2.45, 2.75) is 49.4 Å². The van der Waals surface area contributed by atoms with Crippen molar-refractivity contribution in [3.05, 3.63) is 65.5 Å². The summed E-state index contributed by atoms with van der Waals surface area (Å²) in [5.41, 5.74) is 6.73. The number of rotatable bonds is 3. The summed E-state index contributed by atoms with van der Waals surface area (Å²) in [6.45, 7) is 1.78. The summed E-state index contributed by atoms with van der Waals surface area (Å²) in [5, 5.41) is 7.80. The molecule has 7 nitrogen and oxygen atoms in total. The first-order valence-corrected chi connectivity index (χ1v) is 11.7. The Balaban J connectivity index is 1.19. The van der Waals surface area contributed by atoms with Crippen molar-refractivity contribution in [2.75, 3.05) is 18.8 Å². The number of carbonyl (C=O) groups excluding carboxylic acids is 1. The van der Waals surface area contributed by atoms with E-state index in [4.69, 9.17) is 5.73 Å². The number of carbonyl (C=O) groups is 1. The number of nitrogens with one attached hydrogen (secondary N) is 1. The van der Waals surface area contributed by atoms with Gasteiger partial charge in [-0.05, 0) is 43.4 Å². The third-order valence-corrected chi connectivity index (χ3v) is 7.80. The second kappa shape index (κ2) is 7.47. The molecule has 1 saturated heterocycles. The molecular formula is C25H25F3N6O. The molecule has 35 heavy (non-hydrogen) atoms. The van der Waals surface area contributed by atoms with E-state index in [0.29, 0.717) is 25.3 Å². The molecule has 3 N–H and O–H groups in total. The number of amides is 2. The number of aryl methyl sites for hydroxylation is 1. The molecule has 2 aromatic heterocycles. The van der Waals surface area contributed by atoms with E-state index in [1.807, 2.05) is 33.8 Å². The van der Waals surface area contributed by atoms with Gasteiger partial charge in [0.15, 0.2) is 0 Å². The van der Waals surface area contributed by atoms with Crippen LogP contribution < -0.4 is 11.1 Å². The zero-order chi connectivity index (χ0) is 24.4. The van der Waals surface area contributed by atoms with E-state index in [0.717, 1.165) is 43.0 Å². The van der Waals surface area contributed by atoms with Gasteiger partial charge < -0.3 is 16.0 Å². The van der Waals surface area contributed by atoms with Crippen LogP contribution in [0.2, 0.25) is 0 Å². The van der Waals surface area contributed by atoms with E-state index in [1.54, 1.807) is 0 Å². The van der Waals surface area contributed by atoms with Gasteiger partial charge in [0.1, 0.15) is 5.82 Å². The molecule has 0 atom stereocenters. The van der Waals surface area contributed by atoms with Gasteiger partial charge in [-0.2, -0.15) is 18.3 Å². The third-order valence-electron chi connectivity index (χ3n) is 7.80. The number of likely N-dealkylation sites (tertiary alicyclic amines) is 1. The topological polar surface area (TPSA) is 89.1 Å². The van der Waals surface area contributed by atoms with Gasteiger partial charge >= 0.3 is 12.2 Å². The molecule has 2 aliphatic heterocycles. The van der Waals surface area contributed by atoms with Crippen molar-refractivity contribution >= 4 is 11.8 Å². The molecule has 1 aliphatic carbocycles. The fraction of sp³-hybridized carbons (Fsp3) is 0.400. The van der Waals surface area contributed by atoms with Crippen molar-refractivity contribution in [1.82, 2.24) is 25.0 Å². The molecule has 0 bridgehead atoms. The molecule has 4 heterocycles. The zero-order valence-electron chi connectivity index (χ0n) is 19.0. The second-order valence-corrected chi connectivity index (χ2v) is 9.91. The minimum atomic E-state index is -4.59. The number of pyridine rings is 1. The van der Waals surface area contributed by atoms with Gasteiger partial charge in [0.25, 0.3) is 0 Å². The summed E-state index contributed by atoms with van der Waals surface area (Å²) in [4.78, 5) is 18.7. The van der Waals surface area contributed by atoms with E-state index in [2.05, 4.69) is 27.5 Å². The highest BCUT2D eigenvalue weighted by atomic mass is 19.4. The van der Waals surface area contributed by atoms with E-state index in [-0.39, 0.29) is 22.5 Å². The molecule has 1 saturated carbocycles. The highest BCUT2D eigenvalue weighted by Gasteiger charge is 2.52. The average molecular weight is 483 g/mol. The quantitative estimate of drug-likeness (QED) is 0.583. The average Bonchev–Trinajstić information content (AvgIpc) is 3.35. The third kappa shape index (κ3) is 3.45. The monoisotopic (exact) mass is 482 g/mol. The van der Waals surface area contributed by atoms with Crippen molar-refractivity contribution < 1.29 is 18.0 Å². The van der Waals surface area contributed by atoms with Crippen LogP contribution in [0.5, 0.6) is 0 Å². The molecule has 1 aromatic carbocycles. The highest BCUT2D eigenvalue weighted by Crippen LogP contribution is 2.46. The number of aromatic nitrogens is 3. The predicted octanol–water partition coefficient (Wildman–Crippen LogP) is 4.29. The first-order valence-electron chi connectivity index (χ1n) is 11.7. The Morgan fingerprint density at radius 3 is 2.49 bits per heavy atom. The fourth-order valence-electron chi connectivity index (χ4n) is 5.65. The van der Waals surface area contributed by atoms with Crippen LogP contribution in [0.3, 0.4) is 0 Å². The lowest BCUT2D eigenvalue weighted by atomic mass is 9.71. The molecule has 2 fully saturated rings. The lowest BCUT2D eigenvalue weighted by molar-refractivity contribution is -0.137. The smallest absolute Gasteiger partial charge is 0.383 e. The number of hydrogen-bond acceptors (Lipinski definition) is 4. The lowest BCUT2D eigenvalue weighted by Gasteiger charge is -2.50. The summed E-state index contributed by atoms with van der Waals surface area (Å²) in [7, 11) is 0. The zero-order valence-corrected chi connectivity index (χ0v) is 19.0. The minimum Gasteiger partial charge on any atom is -0.383 e. The summed E-state index contributed by atoms with van der Waals surface area (Å²) in [6.07, 6.45) is 0.503. The van der Waals surface area contributed by atoms with Gasteiger partial charge in [-0.3, -0.25) is 4.68 Å². The molecule has 1 spiro atoms. The number of anilines is 1. The number of hydrogen-bond donors (Lipinski definition) is 2. The maximum absolute atomic E-state index is 13.3. The lowest BCUT2D eigenvalue weighted by Crippen LogP contribution is -2.65. The maximum Gasteiger partial charge on any atom is 0.419 e. The van der Waals surface area contributed by atoms with Crippen LogP contribution in [-0.4, -0.2) is 38.8 Å². The number of benzene rings is 1. The van der Waals surface area contributed by atoms with Crippen LogP contribution in [-0.2, 0) is 23.7 Å². The molecule has 3 aliphatic rings. The molecule has 0 unspecified atom stereocenters. The maximum atomic E-state index is 13.3. The van der Waals surface area contributed by atoms with Crippen LogP contribution in [0.1, 0.15) is 42.5 Å². The molecule has 182 valence electrons. The van der Waals surface area contributed by atoms with Gasteiger partial charge in [0.2, 0.25) is 0 Å². The van der Waals surface area contributed by atoms with Crippen molar-refractivity contribution in [1.29, 1.82) is 0 Å². The Kier molecular flexibility index (Phi) is 4.68. The number of fused-ring (bicyclic) bond motifs is 2. The first kappa shape index (κ1) is 21.9. The molecule has 10 heteroatoms. The summed E-state index contributed by atoms with van der Waals surface area (Å²) >= 11 is 0.